The van der Waals surface area contributed by atoms with Crippen LogP contribution in [0.2, 0.25) is 5.02 Å². The molecule has 0 fully saturated rings. The maximum atomic E-state index is 13.2. The Labute approximate surface area is 206 Å². The Hall–Kier alpha value is -4.16. The van der Waals surface area contributed by atoms with E-state index in [-0.39, 0.29) is 29.0 Å². The fraction of sp³-hybridized carbons (Fsp3) is 0.240. The summed E-state index contributed by atoms with van der Waals surface area (Å²) in [5.74, 6) is -3.83. The number of nitro benzene ring substituents is 1. The number of nitrogens with one attached hydrogen (secondary N) is 1. The first-order chi connectivity index (χ1) is 16.6. The van der Waals surface area contributed by atoms with Crippen molar-refractivity contribution >= 4 is 29.2 Å². The summed E-state index contributed by atoms with van der Waals surface area (Å²) < 4.78 is 5.46. The summed E-state index contributed by atoms with van der Waals surface area (Å²) in [6.45, 7) is 2.93. The van der Waals surface area contributed by atoms with Crippen molar-refractivity contribution in [3.8, 4) is 6.07 Å². The number of esters is 1. The highest BCUT2D eigenvalue weighted by Gasteiger charge is 2.38. The van der Waals surface area contributed by atoms with Crippen molar-refractivity contribution in [2.45, 2.75) is 26.2 Å². The number of non-ortho nitro benzene ring substituents is 1. The van der Waals surface area contributed by atoms with Crippen LogP contribution in [0, 0.1) is 27.4 Å². The van der Waals surface area contributed by atoms with Gasteiger partial charge in [-0.15, -0.1) is 0 Å². The number of carboxylic acid groups (broad SMARTS) is 1. The number of allylic oxidation sites excluding steroid dienone is 2. The van der Waals surface area contributed by atoms with Crippen molar-refractivity contribution in [1.82, 2.24) is 5.32 Å². The third-order valence-electron chi connectivity index (χ3n) is 5.62. The first-order valence-corrected chi connectivity index (χ1v) is 11.0. The van der Waals surface area contributed by atoms with Gasteiger partial charge in [-0.1, -0.05) is 35.9 Å². The van der Waals surface area contributed by atoms with Gasteiger partial charge in [0.05, 0.1) is 34.0 Å². The molecule has 2 aromatic rings. The van der Waals surface area contributed by atoms with Crippen LogP contribution in [0.1, 0.15) is 30.9 Å². The summed E-state index contributed by atoms with van der Waals surface area (Å²) in [5.41, 5.74) is 1.43. The van der Waals surface area contributed by atoms with E-state index >= 15 is 0 Å². The lowest BCUT2D eigenvalue weighted by molar-refractivity contribution is -0.384. The van der Waals surface area contributed by atoms with E-state index in [1.54, 1.807) is 38.1 Å². The maximum Gasteiger partial charge on any atom is 0.336 e. The van der Waals surface area contributed by atoms with E-state index in [1.807, 2.05) is 0 Å². The fourth-order valence-corrected chi connectivity index (χ4v) is 4.13. The zero-order valence-electron chi connectivity index (χ0n) is 18.9. The van der Waals surface area contributed by atoms with Gasteiger partial charge in [0, 0.05) is 28.5 Å². The zero-order valence-corrected chi connectivity index (χ0v) is 19.7. The number of ether oxygens (including phenoxy) is 1. The minimum absolute atomic E-state index is 0.0108. The number of nitriles is 1. The Morgan fingerprint density at radius 2 is 1.86 bits per heavy atom. The zero-order chi connectivity index (χ0) is 25.7. The van der Waals surface area contributed by atoms with Crippen LogP contribution in [-0.4, -0.2) is 28.6 Å². The Morgan fingerprint density at radius 1 is 1.20 bits per heavy atom. The molecule has 1 aliphatic rings. The number of halogens is 1. The number of hydrogen-bond donors (Lipinski definition) is 2. The van der Waals surface area contributed by atoms with Gasteiger partial charge in [0.25, 0.3) is 5.69 Å². The van der Waals surface area contributed by atoms with Gasteiger partial charge in [0.2, 0.25) is 0 Å². The van der Waals surface area contributed by atoms with E-state index < -0.39 is 28.7 Å². The predicted octanol–water partition coefficient (Wildman–Crippen LogP) is 4.49. The number of rotatable bonds is 8. The molecule has 2 aromatic carbocycles. The Kier molecular flexibility index (Phi) is 7.89. The van der Waals surface area contributed by atoms with E-state index in [0.717, 1.165) is 5.56 Å². The molecule has 0 spiro atoms. The molecule has 2 N–H and O–H groups in total. The van der Waals surface area contributed by atoms with Gasteiger partial charge >= 0.3 is 11.9 Å². The van der Waals surface area contributed by atoms with Gasteiger partial charge < -0.3 is 15.2 Å². The largest absolute Gasteiger partial charge is 0.478 e. The molecule has 2 unspecified atom stereocenters. The number of benzene rings is 2. The Bertz CT molecular complexity index is 1280. The van der Waals surface area contributed by atoms with Crippen LogP contribution in [0.4, 0.5) is 5.69 Å². The van der Waals surface area contributed by atoms with Gasteiger partial charge in [-0.3, -0.25) is 10.1 Å². The maximum absolute atomic E-state index is 13.2. The molecule has 0 amide bonds. The van der Waals surface area contributed by atoms with E-state index in [0.29, 0.717) is 22.8 Å². The van der Waals surface area contributed by atoms with Gasteiger partial charge in [-0.05, 0) is 43.5 Å². The number of nitro groups is 1. The molecule has 0 saturated carbocycles. The van der Waals surface area contributed by atoms with Gasteiger partial charge in [0.15, 0.2) is 0 Å². The third-order valence-corrected chi connectivity index (χ3v) is 5.87. The minimum atomic E-state index is -1.28. The first-order valence-electron chi connectivity index (χ1n) is 10.6. The van der Waals surface area contributed by atoms with Crippen LogP contribution < -0.4 is 5.32 Å². The lowest BCUT2D eigenvalue weighted by Gasteiger charge is -2.29. The van der Waals surface area contributed by atoms with Gasteiger partial charge in [-0.25, -0.2) is 9.59 Å². The Balaban J connectivity index is 1.90. The summed E-state index contributed by atoms with van der Waals surface area (Å²) in [4.78, 5) is 36.0. The second-order valence-corrected chi connectivity index (χ2v) is 8.48. The standard InChI is InChI=1S/C25H22ClN3O6/c1-14-21(24(30)31)23(18-4-3-5-20(11-18)29(33)34)22(15(2)28-14)25(32)35-13-17(12-27)10-16-6-8-19(26)9-7-16/h3-9,11,17,23,28H,10,13H2,1-2H3,(H,30,31). The van der Waals surface area contributed by atoms with Crippen LogP contribution in [0.25, 0.3) is 0 Å². The van der Waals surface area contributed by atoms with Crippen LogP contribution in [0.5, 0.6) is 0 Å². The lowest BCUT2D eigenvalue weighted by atomic mass is 9.80. The number of dihydropyridines is 1. The number of carbonyl (C=O) groups is 2. The number of carbonyl (C=O) groups excluding carboxylic acids is 1. The number of carboxylic acids is 1. The molecule has 2 atom stereocenters. The van der Waals surface area contributed by atoms with Crippen LogP contribution >= 0.6 is 11.6 Å². The van der Waals surface area contributed by atoms with Crippen molar-refractivity contribution in [3.63, 3.8) is 0 Å². The number of nitrogens with zero attached hydrogens (tertiary/aromatic N) is 2. The molecule has 1 heterocycles. The third kappa shape index (κ3) is 5.86. The van der Waals surface area contributed by atoms with E-state index in [4.69, 9.17) is 16.3 Å². The highest BCUT2D eigenvalue weighted by Crippen LogP contribution is 2.39. The fourth-order valence-electron chi connectivity index (χ4n) is 4.00. The molecule has 0 aliphatic carbocycles. The normalized spacial score (nSPS) is 16.2. The second kappa shape index (κ2) is 10.8. The van der Waals surface area contributed by atoms with Crippen molar-refractivity contribution in [3.05, 3.63) is 97.3 Å². The molecular weight excluding hydrogens is 474 g/mol. The van der Waals surface area contributed by atoms with Crippen molar-refractivity contribution in [1.29, 1.82) is 5.26 Å². The molecular formula is C25H22ClN3O6. The highest BCUT2D eigenvalue weighted by atomic mass is 35.5. The summed E-state index contributed by atoms with van der Waals surface area (Å²) in [5, 5.41) is 34.2. The molecule has 0 saturated heterocycles. The molecule has 0 radical (unpaired) electrons. The molecule has 10 heteroatoms. The summed E-state index contributed by atoms with van der Waals surface area (Å²) in [6.07, 6.45) is 0.324. The molecule has 1 aliphatic heterocycles. The SMILES string of the molecule is CC1=C(C(=O)O)C(c2cccc([N+](=O)[O-])c2)C(C(=O)OCC(C#N)Cc2ccc(Cl)cc2)=C(C)N1. The lowest BCUT2D eigenvalue weighted by Crippen LogP contribution is -2.32. The average molecular weight is 496 g/mol. The van der Waals surface area contributed by atoms with Crippen molar-refractivity contribution in [2.24, 2.45) is 5.92 Å². The molecule has 0 aromatic heterocycles. The molecule has 3 rings (SSSR count). The Morgan fingerprint density at radius 3 is 2.46 bits per heavy atom. The number of hydrogen-bond acceptors (Lipinski definition) is 7. The van der Waals surface area contributed by atoms with Crippen LogP contribution in [-0.2, 0) is 20.7 Å². The minimum Gasteiger partial charge on any atom is -0.478 e. The summed E-state index contributed by atoms with van der Waals surface area (Å²) in [7, 11) is 0. The molecule has 9 nitrogen and oxygen atoms in total. The van der Waals surface area contributed by atoms with Gasteiger partial charge in [0.1, 0.15) is 6.61 Å². The smallest absolute Gasteiger partial charge is 0.336 e. The monoisotopic (exact) mass is 495 g/mol. The second-order valence-electron chi connectivity index (χ2n) is 8.05. The van der Waals surface area contributed by atoms with E-state index in [2.05, 4.69) is 11.4 Å². The first kappa shape index (κ1) is 25.5. The highest BCUT2D eigenvalue weighted by molar-refractivity contribution is 6.30. The van der Waals surface area contributed by atoms with Gasteiger partial charge in [-0.2, -0.15) is 5.26 Å². The number of aliphatic carboxylic acids is 1. The quantitative estimate of drug-likeness (QED) is 0.309. The molecule has 180 valence electrons. The predicted molar refractivity (Wildman–Crippen MR) is 127 cm³/mol. The molecule has 35 heavy (non-hydrogen) atoms. The van der Waals surface area contributed by atoms with Crippen LogP contribution in [0.3, 0.4) is 0 Å². The van der Waals surface area contributed by atoms with Crippen molar-refractivity contribution < 1.29 is 24.4 Å². The van der Waals surface area contributed by atoms with E-state index in [1.165, 1.54) is 24.3 Å². The molecule has 0 bridgehead atoms. The topological polar surface area (TPSA) is 143 Å². The summed E-state index contributed by atoms with van der Waals surface area (Å²) >= 11 is 5.89. The van der Waals surface area contributed by atoms with E-state index in [9.17, 15) is 30.1 Å². The van der Waals surface area contributed by atoms with Crippen LogP contribution in [0.15, 0.2) is 71.1 Å². The van der Waals surface area contributed by atoms with Crippen molar-refractivity contribution in [2.75, 3.05) is 6.61 Å². The summed E-state index contributed by atoms with van der Waals surface area (Å²) in [6, 6.07) is 14.5. The average Bonchev–Trinajstić information content (AvgIpc) is 2.82.